The third-order valence-electron chi connectivity index (χ3n) is 4.10. The van der Waals surface area contributed by atoms with Crippen LogP contribution in [0.4, 0.5) is 0 Å². The molecule has 1 aliphatic rings. The van der Waals surface area contributed by atoms with E-state index in [4.69, 9.17) is 11.6 Å². The van der Waals surface area contributed by atoms with E-state index in [0.29, 0.717) is 17.1 Å². The quantitative estimate of drug-likeness (QED) is 0.871. The third kappa shape index (κ3) is 2.81. The number of piperidine rings is 1. The lowest BCUT2D eigenvalue weighted by Crippen LogP contribution is -2.45. The summed E-state index contributed by atoms with van der Waals surface area (Å²) in [5.74, 6) is 0.921. The molecule has 0 spiro atoms. The predicted octanol–water partition coefficient (Wildman–Crippen LogP) is 3.19. The number of aromatic nitrogens is 3. The number of hydrogen-bond acceptors (Lipinski definition) is 3. The first-order valence-electron chi connectivity index (χ1n) is 7.40. The zero-order chi connectivity index (χ0) is 14.1. The van der Waals surface area contributed by atoms with E-state index < -0.39 is 0 Å². The fourth-order valence-corrected chi connectivity index (χ4v) is 3.28. The Morgan fingerprint density at radius 2 is 2.25 bits per heavy atom. The van der Waals surface area contributed by atoms with Gasteiger partial charge in [0.1, 0.15) is 0 Å². The highest BCUT2D eigenvalue weighted by atomic mass is 35.5. The summed E-state index contributed by atoms with van der Waals surface area (Å²) in [6.45, 7) is 5.74. The zero-order valence-corrected chi connectivity index (χ0v) is 12.8. The van der Waals surface area contributed by atoms with E-state index >= 15 is 0 Å². The minimum Gasteiger partial charge on any atom is -0.298 e. The lowest BCUT2D eigenvalue weighted by Gasteiger charge is -2.38. The van der Waals surface area contributed by atoms with E-state index in [9.17, 15) is 0 Å². The first-order valence-corrected chi connectivity index (χ1v) is 7.78. The maximum absolute atomic E-state index is 6.00. The summed E-state index contributed by atoms with van der Waals surface area (Å²) in [5.41, 5.74) is 0.833. The Hall–Kier alpha value is -1.13. The molecule has 3 rings (SSSR count). The van der Waals surface area contributed by atoms with Crippen molar-refractivity contribution in [3.8, 4) is 0 Å². The van der Waals surface area contributed by atoms with Crippen molar-refractivity contribution in [3.05, 3.63) is 29.2 Å². The first kappa shape index (κ1) is 13.8. The summed E-state index contributed by atoms with van der Waals surface area (Å²) >= 11 is 6.00. The largest absolute Gasteiger partial charge is 0.298 e. The zero-order valence-electron chi connectivity index (χ0n) is 12.1. The monoisotopic (exact) mass is 292 g/mol. The first-order chi connectivity index (χ1) is 9.63. The minimum atomic E-state index is 0.566. The molecular formula is C15H21ClN4. The van der Waals surface area contributed by atoms with Gasteiger partial charge in [-0.2, -0.15) is 5.10 Å². The van der Waals surface area contributed by atoms with Crippen molar-refractivity contribution in [2.75, 3.05) is 6.54 Å². The number of fused-ring (bicyclic) bond motifs is 1. The second-order valence-electron chi connectivity index (χ2n) is 5.86. The number of hydrogen-bond donors (Lipinski definition) is 0. The second kappa shape index (κ2) is 5.70. The number of rotatable bonds is 3. The summed E-state index contributed by atoms with van der Waals surface area (Å²) < 4.78 is 1.81. The van der Waals surface area contributed by atoms with E-state index in [0.717, 1.165) is 17.9 Å². The van der Waals surface area contributed by atoms with Crippen LogP contribution in [-0.4, -0.2) is 38.1 Å². The summed E-state index contributed by atoms with van der Waals surface area (Å²) in [4.78, 5) is 7.19. The van der Waals surface area contributed by atoms with Gasteiger partial charge in [0.25, 0.3) is 0 Å². The molecule has 20 heavy (non-hydrogen) atoms. The number of halogens is 1. The van der Waals surface area contributed by atoms with Crippen molar-refractivity contribution in [3.63, 3.8) is 0 Å². The maximum atomic E-state index is 6.00. The average Bonchev–Trinajstić information content (AvgIpc) is 2.80. The standard InChI is InChI=1S/C15H21ClN4/c1-11(2)19-7-4-3-5-13(19)10-14-17-15-9-12(16)6-8-20(15)18-14/h6,8-9,11,13H,3-5,7,10H2,1-2H3. The molecule has 0 bridgehead atoms. The lowest BCUT2D eigenvalue weighted by atomic mass is 9.97. The van der Waals surface area contributed by atoms with Crippen LogP contribution >= 0.6 is 11.6 Å². The van der Waals surface area contributed by atoms with Gasteiger partial charge < -0.3 is 0 Å². The molecule has 0 aliphatic carbocycles. The molecule has 1 fully saturated rings. The van der Waals surface area contributed by atoms with Crippen molar-refractivity contribution in [2.24, 2.45) is 0 Å². The van der Waals surface area contributed by atoms with Crippen LogP contribution in [0.15, 0.2) is 18.3 Å². The molecule has 1 atom stereocenters. The van der Waals surface area contributed by atoms with Crippen molar-refractivity contribution in [1.82, 2.24) is 19.5 Å². The van der Waals surface area contributed by atoms with Gasteiger partial charge >= 0.3 is 0 Å². The van der Waals surface area contributed by atoms with Gasteiger partial charge in [0.05, 0.1) is 0 Å². The smallest absolute Gasteiger partial charge is 0.157 e. The van der Waals surface area contributed by atoms with Crippen molar-refractivity contribution in [1.29, 1.82) is 0 Å². The van der Waals surface area contributed by atoms with E-state index in [2.05, 4.69) is 28.8 Å². The lowest BCUT2D eigenvalue weighted by molar-refractivity contribution is 0.110. The Bertz CT molecular complexity index is 593. The highest BCUT2D eigenvalue weighted by Gasteiger charge is 2.25. The molecule has 2 aromatic rings. The minimum absolute atomic E-state index is 0.566. The predicted molar refractivity (Wildman–Crippen MR) is 81.2 cm³/mol. The molecule has 0 aromatic carbocycles. The molecule has 1 unspecified atom stereocenters. The van der Waals surface area contributed by atoms with E-state index in [1.54, 1.807) is 0 Å². The van der Waals surface area contributed by atoms with Crippen LogP contribution in [0.2, 0.25) is 5.02 Å². The van der Waals surface area contributed by atoms with Crippen LogP contribution in [-0.2, 0) is 6.42 Å². The van der Waals surface area contributed by atoms with E-state index in [-0.39, 0.29) is 0 Å². The maximum Gasteiger partial charge on any atom is 0.157 e. The molecule has 0 N–H and O–H groups in total. The molecule has 108 valence electrons. The fraction of sp³-hybridized carbons (Fsp3) is 0.600. The number of pyridine rings is 1. The van der Waals surface area contributed by atoms with Gasteiger partial charge in [-0.05, 0) is 39.3 Å². The Morgan fingerprint density at radius 1 is 1.40 bits per heavy atom. The van der Waals surface area contributed by atoms with Gasteiger partial charge in [-0.3, -0.25) is 4.90 Å². The average molecular weight is 293 g/mol. The fourth-order valence-electron chi connectivity index (χ4n) is 3.12. The molecule has 0 saturated carbocycles. The van der Waals surface area contributed by atoms with Gasteiger partial charge in [-0.1, -0.05) is 18.0 Å². The van der Waals surface area contributed by atoms with Gasteiger partial charge in [0.2, 0.25) is 0 Å². The summed E-state index contributed by atoms with van der Waals surface area (Å²) in [6, 6.07) is 4.86. The van der Waals surface area contributed by atoms with E-state index in [1.807, 2.05) is 22.8 Å². The Morgan fingerprint density at radius 3 is 3.05 bits per heavy atom. The van der Waals surface area contributed by atoms with Gasteiger partial charge in [-0.25, -0.2) is 9.50 Å². The second-order valence-corrected chi connectivity index (χ2v) is 6.30. The van der Waals surface area contributed by atoms with Crippen molar-refractivity contribution >= 4 is 17.2 Å². The Labute approximate surface area is 124 Å². The summed E-state index contributed by atoms with van der Waals surface area (Å²) in [5, 5.41) is 5.27. The van der Waals surface area contributed by atoms with Crippen LogP contribution in [0.5, 0.6) is 0 Å². The van der Waals surface area contributed by atoms with Gasteiger partial charge in [-0.15, -0.1) is 0 Å². The Kier molecular flexibility index (Phi) is 3.94. The number of nitrogens with zero attached hydrogens (tertiary/aromatic N) is 4. The molecule has 1 saturated heterocycles. The molecule has 1 aliphatic heterocycles. The molecule has 0 amide bonds. The number of likely N-dealkylation sites (tertiary alicyclic amines) is 1. The molecule has 5 heteroatoms. The van der Waals surface area contributed by atoms with Gasteiger partial charge in [0, 0.05) is 35.8 Å². The molecular weight excluding hydrogens is 272 g/mol. The topological polar surface area (TPSA) is 33.4 Å². The summed E-state index contributed by atoms with van der Waals surface area (Å²) in [6.07, 6.45) is 6.66. The molecule has 0 radical (unpaired) electrons. The summed E-state index contributed by atoms with van der Waals surface area (Å²) in [7, 11) is 0. The normalized spacial score (nSPS) is 20.9. The van der Waals surface area contributed by atoms with Crippen LogP contribution < -0.4 is 0 Å². The molecule has 3 heterocycles. The van der Waals surface area contributed by atoms with Crippen LogP contribution in [0, 0.1) is 0 Å². The molecule has 4 nitrogen and oxygen atoms in total. The van der Waals surface area contributed by atoms with E-state index in [1.165, 1.54) is 25.8 Å². The van der Waals surface area contributed by atoms with Crippen molar-refractivity contribution < 1.29 is 0 Å². The Balaban J connectivity index is 1.80. The van der Waals surface area contributed by atoms with Crippen LogP contribution in [0.3, 0.4) is 0 Å². The van der Waals surface area contributed by atoms with Crippen LogP contribution in [0.25, 0.3) is 5.65 Å². The third-order valence-corrected chi connectivity index (χ3v) is 4.33. The highest BCUT2D eigenvalue weighted by molar-refractivity contribution is 6.30. The van der Waals surface area contributed by atoms with Crippen LogP contribution in [0.1, 0.15) is 38.9 Å². The molecule has 2 aromatic heterocycles. The SMILES string of the molecule is CC(C)N1CCCCC1Cc1nc2cc(Cl)ccn2n1. The van der Waals surface area contributed by atoms with Crippen molar-refractivity contribution in [2.45, 2.75) is 51.6 Å². The highest BCUT2D eigenvalue weighted by Crippen LogP contribution is 2.22. The van der Waals surface area contributed by atoms with Gasteiger partial charge in [0.15, 0.2) is 11.5 Å².